The average molecular weight is 525 g/mol. The zero-order valence-electron chi connectivity index (χ0n) is 17.2. The Morgan fingerprint density at radius 2 is 1.73 bits per heavy atom. The van der Waals surface area contributed by atoms with Gasteiger partial charge in [0, 0.05) is 10.7 Å². The molecule has 0 spiro atoms. The molecule has 2 aromatic rings. The summed E-state index contributed by atoms with van der Waals surface area (Å²) in [5.41, 5.74) is 0.674. The zero-order chi connectivity index (χ0) is 24.6. The largest absolute Gasteiger partial charge is 0.507 e. The molecule has 1 aliphatic rings. The van der Waals surface area contributed by atoms with Crippen molar-refractivity contribution in [3.05, 3.63) is 47.0 Å². The first kappa shape index (κ1) is 25.3. The Morgan fingerprint density at radius 3 is 2.33 bits per heavy atom. The third-order valence-corrected chi connectivity index (χ3v) is 8.46. The van der Waals surface area contributed by atoms with Crippen LogP contribution in [0.5, 0.6) is 5.75 Å². The Labute approximate surface area is 194 Å². The lowest BCUT2D eigenvalue weighted by Crippen LogP contribution is -2.28. The van der Waals surface area contributed by atoms with Crippen molar-refractivity contribution in [1.29, 1.82) is 0 Å². The number of phenols is 1. The molecule has 0 saturated heterocycles. The summed E-state index contributed by atoms with van der Waals surface area (Å²) in [5.74, 6) is -2.26. The van der Waals surface area contributed by atoms with Crippen LogP contribution >= 0.6 is 11.6 Å². The highest BCUT2D eigenvalue weighted by molar-refractivity contribution is 7.93. The van der Waals surface area contributed by atoms with Crippen LogP contribution < -0.4 is 4.72 Å². The van der Waals surface area contributed by atoms with Gasteiger partial charge in [0.25, 0.3) is 20.0 Å². The van der Waals surface area contributed by atoms with Crippen LogP contribution in [0.25, 0.3) is 0 Å². The first-order chi connectivity index (χ1) is 15.2. The van der Waals surface area contributed by atoms with E-state index in [1.165, 1.54) is 12.1 Å². The Morgan fingerprint density at radius 1 is 1.09 bits per heavy atom. The minimum atomic E-state index is -4.57. The fourth-order valence-corrected chi connectivity index (χ4v) is 6.01. The number of hydrogen-bond donors (Lipinski definition) is 2. The number of rotatable bonds is 5. The van der Waals surface area contributed by atoms with Crippen molar-refractivity contribution in [2.45, 2.75) is 48.6 Å². The molecule has 2 N–H and O–H groups in total. The van der Waals surface area contributed by atoms with Crippen molar-refractivity contribution in [3.63, 3.8) is 0 Å². The van der Waals surface area contributed by atoms with E-state index in [1.54, 1.807) is 13.0 Å². The van der Waals surface area contributed by atoms with E-state index in [0.717, 1.165) is 18.2 Å². The molecular weight excluding hydrogens is 505 g/mol. The molecule has 0 amide bonds. The second kappa shape index (κ2) is 9.15. The van der Waals surface area contributed by atoms with Crippen molar-refractivity contribution in [3.8, 4) is 5.75 Å². The van der Waals surface area contributed by atoms with E-state index >= 15 is 0 Å². The van der Waals surface area contributed by atoms with E-state index in [4.69, 9.17) is 11.6 Å². The predicted octanol–water partition coefficient (Wildman–Crippen LogP) is 5.04. The molecule has 3 rings (SSSR count). The fraction of sp³-hybridized carbons (Fsp3) is 0.350. The number of sulfonamides is 2. The Kier molecular flexibility index (Phi) is 7.02. The molecule has 0 aromatic heterocycles. The van der Waals surface area contributed by atoms with Crippen LogP contribution in [-0.4, -0.2) is 33.8 Å². The lowest BCUT2D eigenvalue weighted by Gasteiger charge is -2.25. The molecule has 180 valence electrons. The van der Waals surface area contributed by atoms with Crippen LogP contribution in [0.1, 0.15) is 31.2 Å². The molecule has 0 unspecified atom stereocenters. The number of halogens is 4. The molecule has 33 heavy (non-hydrogen) atoms. The molecule has 0 atom stereocenters. The van der Waals surface area contributed by atoms with Gasteiger partial charge in [0.15, 0.2) is 0 Å². The number of anilines is 1. The van der Waals surface area contributed by atoms with Crippen LogP contribution in [0.4, 0.5) is 18.9 Å². The van der Waals surface area contributed by atoms with Crippen molar-refractivity contribution in [2.24, 2.45) is 10.3 Å². The molecule has 1 fully saturated rings. The monoisotopic (exact) mass is 524 g/mol. The molecular formula is C20H20ClF3N2O5S2. The number of hydrogen-bond acceptors (Lipinski definition) is 5. The second-order valence-electron chi connectivity index (χ2n) is 7.60. The smallest absolute Gasteiger partial charge is 0.391 e. The van der Waals surface area contributed by atoms with E-state index in [1.807, 2.05) is 0 Å². The van der Waals surface area contributed by atoms with Crippen molar-refractivity contribution < 1.29 is 35.1 Å². The molecule has 7 nitrogen and oxygen atoms in total. The first-order valence-corrected chi connectivity index (χ1v) is 13.0. The lowest BCUT2D eigenvalue weighted by atomic mass is 9.88. The molecule has 0 bridgehead atoms. The third-order valence-electron chi connectivity index (χ3n) is 5.31. The minimum absolute atomic E-state index is 0.0378. The van der Waals surface area contributed by atoms with Gasteiger partial charge in [0.2, 0.25) is 0 Å². The Hall–Kier alpha value is -2.31. The van der Waals surface area contributed by atoms with Gasteiger partial charge < -0.3 is 5.11 Å². The molecule has 0 radical (unpaired) electrons. The normalized spacial score (nSPS) is 17.6. The van der Waals surface area contributed by atoms with Gasteiger partial charge in [0.1, 0.15) is 10.6 Å². The molecule has 13 heteroatoms. The van der Waals surface area contributed by atoms with Crippen LogP contribution in [0.2, 0.25) is 5.02 Å². The summed E-state index contributed by atoms with van der Waals surface area (Å²) in [4.78, 5) is -1.22. The minimum Gasteiger partial charge on any atom is -0.507 e. The van der Waals surface area contributed by atoms with Gasteiger partial charge in [-0.25, -0.2) is 8.42 Å². The summed E-state index contributed by atoms with van der Waals surface area (Å²) in [5, 5.41) is 10.4. The quantitative estimate of drug-likeness (QED) is 0.569. The van der Waals surface area contributed by atoms with Crippen LogP contribution in [0.15, 0.2) is 50.6 Å². The molecule has 0 aliphatic heterocycles. The summed E-state index contributed by atoms with van der Waals surface area (Å²) >= 11 is 6.00. The Bertz CT molecular complexity index is 1300. The van der Waals surface area contributed by atoms with E-state index in [9.17, 15) is 35.1 Å². The van der Waals surface area contributed by atoms with Crippen LogP contribution in [0, 0.1) is 12.8 Å². The topological polar surface area (TPSA) is 113 Å². The summed E-state index contributed by atoms with van der Waals surface area (Å²) in [7, 11) is -8.84. The fourth-order valence-electron chi connectivity index (χ4n) is 3.38. The predicted molar refractivity (Wildman–Crippen MR) is 118 cm³/mol. The van der Waals surface area contributed by atoms with Gasteiger partial charge >= 0.3 is 6.18 Å². The lowest BCUT2D eigenvalue weighted by molar-refractivity contribution is -0.178. The van der Waals surface area contributed by atoms with Gasteiger partial charge in [-0.3, -0.25) is 4.72 Å². The van der Waals surface area contributed by atoms with Gasteiger partial charge in [-0.15, -0.1) is 0 Å². The number of nitrogens with zero attached hydrogens (tertiary/aromatic N) is 1. The average Bonchev–Trinajstić information content (AvgIpc) is 2.71. The van der Waals surface area contributed by atoms with E-state index in [0.29, 0.717) is 10.6 Å². The molecule has 2 aromatic carbocycles. The molecule has 1 aliphatic carbocycles. The first-order valence-electron chi connectivity index (χ1n) is 9.71. The summed E-state index contributed by atoms with van der Waals surface area (Å²) in [6.45, 7) is 1.59. The number of aromatic hydroxyl groups is 1. The molecule has 0 heterocycles. The number of alkyl halides is 3. The van der Waals surface area contributed by atoms with Crippen molar-refractivity contribution >= 4 is 43.0 Å². The highest BCUT2D eigenvalue weighted by Crippen LogP contribution is 2.37. The zero-order valence-corrected chi connectivity index (χ0v) is 19.6. The maximum absolute atomic E-state index is 12.8. The maximum atomic E-state index is 12.8. The van der Waals surface area contributed by atoms with Gasteiger partial charge in [-0.2, -0.15) is 26.0 Å². The molecule has 1 saturated carbocycles. The summed E-state index contributed by atoms with van der Waals surface area (Å²) in [6.07, 6.45) is -5.28. The van der Waals surface area contributed by atoms with E-state index in [-0.39, 0.29) is 37.1 Å². The van der Waals surface area contributed by atoms with Gasteiger partial charge in [-0.05, 0) is 68.5 Å². The van der Waals surface area contributed by atoms with E-state index < -0.39 is 47.7 Å². The van der Waals surface area contributed by atoms with Crippen LogP contribution in [-0.2, 0) is 20.0 Å². The second-order valence-corrected chi connectivity index (χ2v) is 11.3. The highest BCUT2D eigenvalue weighted by atomic mass is 35.5. The van der Waals surface area contributed by atoms with Crippen LogP contribution in [0.3, 0.4) is 0 Å². The highest BCUT2D eigenvalue weighted by Gasteiger charge is 2.41. The van der Waals surface area contributed by atoms with E-state index in [2.05, 4.69) is 9.12 Å². The number of benzene rings is 2. The third kappa shape index (κ3) is 5.79. The number of phenolic OH excluding ortho intramolecular Hbond substituents is 1. The van der Waals surface area contributed by atoms with Gasteiger partial charge in [0.05, 0.1) is 16.5 Å². The standard InChI is InChI=1S/C20H20ClF3N2O5S2/c1-12-16(21)3-2-4-17(12)26-32(28,29)15-9-10-18(27)19(11-15)33(30,31)25-14-7-5-13(6-8-14)20(22,23)24/h2-4,9-11,13,26-27H,5-8H2,1H3. The SMILES string of the molecule is Cc1c(Cl)cccc1NS(=O)(=O)c1ccc(O)c(S(=O)(=O)N=C2CCC(C(F)(F)F)CC2)c1. The van der Waals surface area contributed by atoms with Crippen molar-refractivity contribution in [1.82, 2.24) is 0 Å². The number of nitrogens with one attached hydrogen (secondary N) is 1. The van der Waals surface area contributed by atoms with Gasteiger partial charge in [-0.1, -0.05) is 17.7 Å². The Balaban J connectivity index is 1.90. The van der Waals surface area contributed by atoms with Crippen molar-refractivity contribution in [2.75, 3.05) is 4.72 Å². The summed E-state index contributed by atoms with van der Waals surface area (Å²) in [6, 6.07) is 7.23. The maximum Gasteiger partial charge on any atom is 0.391 e. The summed E-state index contributed by atoms with van der Waals surface area (Å²) < 4.78 is 95.4.